The Kier molecular flexibility index (Phi) is 5.46. The largest absolute Gasteiger partial charge is 0.481 e. The van der Waals surface area contributed by atoms with Crippen molar-refractivity contribution in [3.05, 3.63) is 0 Å². The summed E-state index contributed by atoms with van der Waals surface area (Å²) in [5.74, 6) is -1.02. The van der Waals surface area contributed by atoms with Gasteiger partial charge < -0.3 is 15.7 Å². The number of rotatable bonds is 6. The number of primary amides is 1. The third-order valence-electron chi connectivity index (χ3n) is 3.10. The number of aliphatic carboxylic acids is 1. The fraction of sp³-hybridized carbons (Fsp3) is 0.727. The first-order chi connectivity index (χ1) is 8.43. The third-order valence-corrected chi connectivity index (χ3v) is 4.08. The highest BCUT2D eigenvalue weighted by Gasteiger charge is 2.37. The Morgan fingerprint density at radius 3 is 2.61 bits per heavy atom. The van der Waals surface area contributed by atoms with Gasteiger partial charge in [-0.05, 0) is 13.3 Å². The van der Waals surface area contributed by atoms with Crippen LogP contribution in [0.25, 0.3) is 0 Å². The van der Waals surface area contributed by atoms with Crippen molar-refractivity contribution in [1.82, 2.24) is 4.90 Å². The van der Waals surface area contributed by atoms with Crippen LogP contribution in [0.4, 0.5) is 0 Å². The van der Waals surface area contributed by atoms with Crippen LogP contribution in [0.2, 0.25) is 0 Å². The lowest BCUT2D eigenvalue weighted by atomic mass is 10.0. The lowest BCUT2D eigenvalue weighted by Gasteiger charge is -2.23. The van der Waals surface area contributed by atoms with Gasteiger partial charge in [0.15, 0.2) is 0 Å². The van der Waals surface area contributed by atoms with Crippen molar-refractivity contribution >= 4 is 29.5 Å². The van der Waals surface area contributed by atoms with E-state index < -0.39 is 17.8 Å². The molecule has 1 saturated heterocycles. The first-order valence-corrected chi connectivity index (χ1v) is 6.97. The molecule has 0 bridgehead atoms. The Morgan fingerprint density at radius 1 is 1.44 bits per heavy atom. The van der Waals surface area contributed by atoms with Gasteiger partial charge >= 0.3 is 5.97 Å². The lowest BCUT2D eigenvalue weighted by Crippen LogP contribution is -2.37. The predicted octanol–water partition coefficient (Wildman–Crippen LogP) is -0.0834. The van der Waals surface area contributed by atoms with Crippen molar-refractivity contribution in [2.75, 3.05) is 18.1 Å². The normalized spacial score (nSPS) is 23.1. The molecule has 2 atom stereocenters. The number of nitrogens with two attached hydrogens (primary N) is 1. The molecule has 1 aliphatic heterocycles. The van der Waals surface area contributed by atoms with E-state index in [4.69, 9.17) is 10.8 Å². The van der Waals surface area contributed by atoms with Gasteiger partial charge in [-0.25, -0.2) is 0 Å². The number of nitrogens with zero attached hydrogens (tertiary/aromatic N) is 1. The Morgan fingerprint density at radius 2 is 2.11 bits per heavy atom. The average Bonchev–Trinajstić information content (AvgIpc) is 2.66. The number of likely N-dealkylation sites (tertiary alicyclic amines) is 1. The van der Waals surface area contributed by atoms with Crippen molar-refractivity contribution in [1.29, 1.82) is 0 Å². The second-order valence-corrected chi connectivity index (χ2v) is 5.44. The minimum atomic E-state index is -0.846. The first kappa shape index (κ1) is 14.8. The molecule has 0 aromatic carbocycles. The zero-order valence-electron chi connectivity index (χ0n) is 10.3. The Balaban J connectivity index is 2.35. The summed E-state index contributed by atoms with van der Waals surface area (Å²) in [5.41, 5.74) is 4.98. The van der Waals surface area contributed by atoms with Gasteiger partial charge in [0.25, 0.3) is 0 Å². The zero-order chi connectivity index (χ0) is 13.7. The molecule has 102 valence electrons. The van der Waals surface area contributed by atoms with Crippen LogP contribution in [0, 0.1) is 5.92 Å². The van der Waals surface area contributed by atoms with Crippen LogP contribution in [0.5, 0.6) is 0 Å². The fourth-order valence-electron chi connectivity index (χ4n) is 2.10. The van der Waals surface area contributed by atoms with Gasteiger partial charge in [-0.2, -0.15) is 11.8 Å². The maximum atomic E-state index is 11.9. The molecule has 1 fully saturated rings. The molecule has 0 spiro atoms. The molecule has 6 nitrogen and oxygen atoms in total. The van der Waals surface area contributed by atoms with Crippen LogP contribution < -0.4 is 5.73 Å². The predicted molar refractivity (Wildman–Crippen MR) is 68.1 cm³/mol. The van der Waals surface area contributed by atoms with E-state index >= 15 is 0 Å². The molecule has 0 radical (unpaired) electrons. The second kappa shape index (κ2) is 6.63. The molecule has 0 aromatic heterocycles. The van der Waals surface area contributed by atoms with E-state index in [0.29, 0.717) is 25.1 Å². The summed E-state index contributed by atoms with van der Waals surface area (Å²) in [7, 11) is 0. The van der Waals surface area contributed by atoms with E-state index in [1.165, 1.54) is 11.8 Å². The fourth-order valence-corrected chi connectivity index (χ4v) is 2.76. The molecule has 0 aromatic rings. The van der Waals surface area contributed by atoms with Crippen LogP contribution >= 0.6 is 11.8 Å². The second-order valence-electron chi connectivity index (χ2n) is 4.33. The summed E-state index contributed by atoms with van der Waals surface area (Å²) in [6, 6.07) is -0.254. The molecule has 2 unspecified atom stereocenters. The molecule has 3 N–H and O–H groups in total. The van der Waals surface area contributed by atoms with Crippen LogP contribution in [0.1, 0.15) is 19.8 Å². The smallest absolute Gasteiger partial charge is 0.308 e. The van der Waals surface area contributed by atoms with Crippen LogP contribution in [0.3, 0.4) is 0 Å². The van der Waals surface area contributed by atoms with Crippen LogP contribution in [-0.2, 0) is 14.4 Å². The quantitative estimate of drug-likeness (QED) is 0.660. The molecule has 2 amide bonds. The highest BCUT2D eigenvalue weighted by molar-refractivity contribution is 7.99. The SMILES string of the molecule is CC1C(C(=O)O)CCN1C(=O)CCSCC(N)=O. The van der Waals surface area contributed by atoms with Gasteiger partial charge in [0.05, 0.1) is 11.7 Å². The molecule has 1 aliphatic rings. The number of hydrogen-bond acceptors (Lipinski definition) is 4. The maximum absolute atomic E-state index is 11.9. The molecule has 18 heavy (non-hydrogen) atoms. The molecule has 0 saturated carbocycles. The molecule has 7 heteroatoms. The Hall–Kier alpha value is -1.24. The monoisotopic (exact) mass is 274 g/mol. The van der Waals surface area contributed by atoms with Crippen molar-refractivity contribution < 1.29 is 19.5 Å². The number of carbonyl (C=O) groups is 3. The van der Waals surface area contributed by atoms with Crippen LogP contribution in [0.15, 0.2) is 0 Å². The minimum absolute atomic E-state index is 0.0526. The highest BCUT2D eigenvalue weighted by atomic mass is 32.2. The zero-order valence-corrected chi connectivity index (χ0v) is 11.1. The number of carboxylic acid groups (broad SMARTS) is 1. The number of carbonyl (C=O) groups excluding carboxylic acids is 2. The molecular formula is C11H18N2O4S. The molecule has 0 aliphatic carbocycles. The number of carboxylic acids is 1. The number of thioether (sulfide) groups is 1. The van der Waals surface area contributed by atoms with Gasteiger partial charge in [-0.15, -0.1) is 0 Å². The van der Waals surface area contributed by atoms with Gasteiger partial charge in [0, 0.05) is 24.8 Å². The molecule has 1 heterocycles. The Bertz CT molecular complexity index is 348. The highest BCUT2D eigenvalue weighted by Crippen LogP contribution is 2.25. The standard InChI is InChI=1S/C11H18N2O4S/c1-7-8(11(16)17)2-4-13(7)10(15)3-5-18-6-9(12)14/h7-8H,2-6H2,1H3,(H2,12,14)(H,16,17). The molecule has 1 rings (SSSR count). The number of amides is 2. The maximum Gasteiger partial charge on any atom is 0.308 e. The topological polar surface area (TPSA) is 101 Å². The van der Waals surface area contributed by atoms with Crippen LogP contribution in [-0.4, -0.2) is 51.9 Å². The summed E-state index contributed by atoms with van der Waals surface area (Å²) in [5, 5.41) is 8.96. The Labute approximate surface area is 110 Å². The van der Waals surface area contributed by atoms with E-state index in [1.54, 1.807) is 11.8 Å². The van der Waals surface area contributed by atoms with Crippen molar-refractivity contribution in [2.24, 2.45) is 11.7 Å². The van der Waals surface area contributed by atoms with Crippen molar-refractivity contribution in [3.63, 3.8) is 0 Å². The van der Waals surface area contributed by atoms with Gasteiger partial charge in [-0.1, -0.05) is 0 Å². The summed E-state index contributed by atoms with van der Waals surface area (Å²) >= 11 is 1.32. The average molecular weight is 274 g/mol. The van der Waals surface area contributed by atoms with Crippen molar-refractivity contribution in [2.45, 2.75) is 25.8 Å². The van der Waals surface area contributed by atoms with Gasteiger partial charge in [-0.3, -0.25) is 14.4 Å². The van der Waals surface area contributed by atoms with Gasteiger partial charge in [0.1, 0.15) is 0 Å². The number of hydrogen-bond donors (Lipinski definition) is 2. The molecular weight excluding hydrogens is 256 g/mol. The van der Waals surface area contributed by atoms with Gasteiger partial charge in [0.2, 0.25) is 11.8 Å². The van der Waals surface area contributed by atoms with E-state index in [-0.39, 0.29) is 17.7 Å². The summed E-state index contributed by atoms with van der Waals surface area (Å²) in [6.45, 7) is 2.26. The summed E-state index contributed by atoms with van der Waals surface area (Å²) in [4.78, 5) is 34.9. The first-order valence-electron chi connectivity index (χ1n) is 5.81. The summed E-state index contributed by atoms with van der Waals surface area (Å²) < 4.78 is 0. The summed E-state index contributed by atoms with van der Waals surface area (Å²) in [6.07, 6.45) is 0.825. The third kappa shape index (κ3) is 3.90. The van der Waals surface area contributed by atoms with E-state index in [0.717, 1.165) is 0 Å². The van der Waals surface area contributed by atoms with E-state index in [2.05, 4.69) is 0 Å². The lowest BCUT2D eigenvalue weighted by molar-refractivity contribution is -0.143. The van der Waals surface area contributed by atoms with E-state index in [1.807, 2.05) is 0 Å². The van der Waals surface area contributed by atoms with Crippen molar-refractivity contribution in [3.8, 4) is 0 Å². The minimum Gasteiger partial charge on any atom is -0.481 e. The van der Waals surface area contributed by atoms with E-state index in [9.17, 15) is 14.4 Å².